The molecule has 0 atom stereocenters. The van der Waals surface area contributed by atoms with Gasteiger partial charge in [-0.05, 0) is 38.0 Å². The zero-order chi connectivity index (χ0) is 18.7. The first kappa shape index (κ1) is 17.9. The number of hydrogen-bond donors (Lipinski definition) is 1. The van der Waals surface area contributed by atoms with Crippen LogP contribution in [0.5, 0.6) is 0 Å². The van der Waals surface area contributed by atoms with Crippen LogP contribution in [0.15, 0.2) is 41.5 Å². The van der Waals surface area contributed by atoms with Gasteiger partial charge in [0.15, 0.2) is 5.65 Å². The van der Waals surface area contributed by atoms with Gasteiger partial charge in [0.2, 0.25) is 5.91 Å². The molecule has 0 saturated heterocycles. The van der Waals surface area contributed by atoms with Crippen LogP contribution in [0, 0.1) is 13.8 Å². The van der Waals surface area contributed by atoms with Gasteiger partial charge in [-0.15, -0.1) is 0 Å². The van der Waals surface area contributed by atoms with Crippen LogP contribution in [0.4, 0.5) is 0 Å². The molecule has 0 aliphatic rings. The molecule has 0 aliphatic heterocycles. The van der Waals surface area contributed by atoms with Crippen molar-refractivity contribution < 1.29 is 4.79 Å². The Kier molecular flexibility index (Phi) is 5.21. The predicted molar refractivity (Wildman–Crippen MR) is 103 cm³/mol. The monoisotopic (exact) mass is 352 g/mol. The quantitative estimate of drug-likeness (QED) is 0.694. The molecule has 136 valence electrons. The summed E-state index contributed by atoms with van der Waals surface area (Å²) in [4.78, 5) is 29.5. The molecule has 0 spiro atoms. The lowest BCUT2D eigenvalue weighted by atomic mass is 10.2. The van der Waals surface area contributed by atoms with Gasteiger partial charge < -0.3 is 5.32 Å². The highest BCUT2D eigenvalue weighted by Crippen LogP contribution is 2.24. The van der Waals surface area contributed by atoms with Crippen molar-refractivity contribution in [3.63, 3.8) is 0 Å². The summed E-state index contributed by atoms with van der Waals surface area (Å²) in [6, 6.07) is 9.84. The van der Waals surface area contributed by atoms with E-state index in [4.69, 9.17) is 0 Å². The van der Waals surface area contributed by atoms with Crippen LogP contribution in [0.1, 0.15) is 31.0 Å². The van der Waals surface area contributed by atoms with Gasteiger partial charge in [-0.2, -0.15) is 0 Å². The van der Waals surface area contributed by atoms with Crippen molar-refractivity contribution in [2.75, 3.05) is 6.54 Å². The number of aromatic nitrogens is 3. The van der Waals surface area contributed by atoms with Gasteiger partial charge in [-0.1, -0.05) is 31.5 Å². The third kappa shape index (κ3) is 3.27. The van der Waals surface area contributed by atoms with E-state index in [0.29, 0.717) is 17.6 Å². The molecule has 0 unspecified atom stereocenters. The summed E-state index contributed by atoms with van der Waals surface area (Å²) < 4.78 is 3.36. The van der Waals surface area contributed by atoms with E-state index in [2.05, 4.69) is 17.2 Å². The molecule has 6 nitrogen and oxygen atoms in total. The van der Waals surface area contributed by atoms with Crippen LogP contribution >= 0.6 is 0 Å². The van der Waals surface area contributed by atoms with Gasteiger partial charge in [-0.3, -0.25) is 18.7 Å². The molecular formula is C20H24N4O2. The summed E-state index contributed by atoms with van der Waals surface area (Å²) in [7, 11) is 0. The van der Waals surface area contributed by atoms with Gasteiger partial charge in [0.25, 0.3) is 5.56 Å². The predicted octanol–water partition coefficient (Wildman–Crippen LogP) is 2.72. The molecule has 2 heterocycles. The highest BCUT2D eigenvalue weighted by molar-refractivity contribution is 5.83. The topological polar surface area (TPSA) is 68.9 Å². The Hall–Kier alpha value is -2.89. The summed E-state index contributed by atoms with van der Waals surface area (Å²) in [5.74, 6) is -0.168. The highest BCUT2D eigenvalue weighted by Gasteiger charge is 2.18. The number of carbonyl (C=O) groups is 1. The Morgan fingerprint density at radius 2 is 1.92 bits per heavy atom. The maximum Gasteiger partial charge on any atom is 0.263 e. The van der Waals surface area contributed by atoms with Crippen LogP contribution < -0.4 is 10.9 Å². The molecule has 1 N–H and O–H groups in total. The number of carbonyl (C=O) groups excluding carboxylic acids is 1. The minimum Gasteiger partial charge on any atom is -0.355 e. The van der Waals surface area contributed by atoms with Crippen LogP contribution in [-0.2, 0) is 11.3 Å². The molecule has 0 aliphatic carbocycles. The Balaban J connectivity index is 2.02. The molecule has 0 radical (unpaired) electrons. The molecule has 0 fully saturated rings. The average Bonchev–Trinajstić information content (AvgIpc) is 2.90. The first-order valence-electron chi connectivity index (χ1n) is 8.93. The smallest absolute Gasteiger partial charge is 0.263 e. The molecule has 0 bridgehead atoms. The minimum absolute atomic E-state index is 0.0134. The number of amides is 1. The van der Waals surface area contributed by atoms with Crippen molar-refractivity contribution >= 4 is 16.9 Å². The van der Waals surface area contributed by atoms with E-state index in [0.717, 1.165) is 29.8 Å². The summed E-state index contributed by atoms with van der Waals surface area (Å²) in [5, 5.41) is 3.40. The SMILES string of the molecule is CCCCNC(=O)Cn1cnc2c(c(C)c(C)n2-c2ccccc2)c1=O. The third-order valence-electron chi connectivity index (χ3n) is 4.66. The Morgan fingerprint density at radius 3 is 2.62 bits per heavy atom. The normalized spacial score (nSPS) is 11.0. The molecule has 3 rings (SSSR count). The zero-order valence-corrected chi connectivity index (χ0v) is 15.5. The van der Waals surface area contributed by atoms with Gasteiger partial charge in [-0.25, -0.2) is 4.98 Å². The number of aryl methyl sites for hydroxylation is 1. The molecule has 1 amide bonds. The Bertz CT molecular complexity index is 986. The second-order valence-corrected chi connectivity index (χ2v) is 6.46. The second-order valence-electron chi connectivity index (χ2n) is 6.46. The zero-order valence-electron chi connectivity index (χ0n) is 15.5. The van der Waals surface area contributed by atoms with Gasteiger partial charge in [0.05, 0.1) is 5.39 Å². The van der Waals surface area contributed by atoms with Gasteiger partial charge >= 0.3 is 0 Å². The summed E-state index contributed by atoms with van der Waals surface area (Å²) >= 11 is 0. The van der Waals surface area contributed by atoms with E-state index in [1.807, 2.05) is 48.7 Å². The van der Waals surface area contributed by atoms with Crippen molar-refractivity contribution in [3.8, 4) is 5.69 Å². The highest BCUT2D eigenvalue weighted by atomic mass is 16.2. The van der Waals surface area contributed by atoms with Crippen molar-refractivity contribution in [2.45, 2.75) is 40.2 Å². The lowest BCUT2D eigenvalue weighted by Gasteiger charge is -2.09. The molecular weight excluding hydrogens is 328 g/mol. The molecule has 0 saturated carbocycles. The fourth-order valence-electron chi connectivity index (χ4n) is 3.11. The molecule has 26 heavy (non-hydrogen) atoms. The molecule has 1 aromatic carbocycles. The number of rotatable bonds is 6. The number of fused-ring (bicyclic) bond motifs is 1. The van der Waals surface area contributed by atoms with Crippen LogP contribution in [-0.4, -0.2) is 26.6 Å². The fraction of sp³-hybridized carbons (Fsp3) is 0.350. The van der Waals surface area contributed by atoms with E-state index < -0.39 is 0 Å². The van der Waals surface area contributed by atoms with Crippen molar-refractivity contribution in [2.24, 2.45) is 0 Å². The summed E-state index contributed by atoms with van der Waals surface area (Å²) in [5.41, 5.74) is 3.27. The number of nitrogens with zero attached hydrogens (tertiary/aromatic N) is 3. The number of unbranched alkanes of at least 4 members (excludes halogenated alkanes) is 1. The summed E-state index contributed by atoms with van der Waals surface area (Å²) in [6.45, 7) is 6.58. The molecule has 3 aromatic rings. The van der Waals surface area contributed by atoms with Crippen molar-refractivity contribution in [3.05, 3.63) is 58.3 Å². The first-order valence-corrected chi connectivity index (χ1v) is 8.93. The molecule has 6 heteroatoms. The lowest BCUT2D eigenvalue weighted by molar-refractivity contribution is -0.121. The van der Waals surface area contributed by atoms with Crippen LogP contribution in [0.25, 0.3) is 16.7 Å². The lowest BCUT2D eigenvalue weighted by Crippen LogP contribution is -2.33. The minimum atomic E-state index is -0.184. The Morgan fingerprint density at radius 1 is 1.19 bits per heavy atom. The van der Waals surface area contributed by atoms with Crippen LogP contribution in [0.3, 0.4) is 0 Å². The Labute approximate surface area is 152 Å². The van der Waals surface area contributed by atoms with Crippen molar-refractivity contribution in [1.29, 1.82) is 0 Å². The largest absolute Gasteiger partial charge is 0.355 e. The fourth-order valence-corrected chi connectivity index (χ4v) is 3.11. The number of benzene rings is 1. The standard InChI is InChI=1S/C20H24N4O2/c1-4-5-11-21-17(25)12-23-13-22-19-18(20(23)26)14(2)15(3)24(19)16-9-7-6-8-10-16/h6-10,13H,4-5,11-12H2,1-3H3,(H,21,25). The average molecular weight is 352 g/mol. The maximum atomic E-state index is 12.9. The second kappa shape index (κ2) is 7.56. The van der Waals surface area contributed by atoms with Crippen molar-refractivity contribution in [1.82, 2.24) is 19.4 Å². The molecule has 2 aromatic heterocycles. The van der Waals surface area contributed by atoms with E-state index >= 15 is 0 Å². The number of para-hydroxylation sites is 1. The van der Waals surface area contributed by atoms with E-state index in [9.17, 15) is 9.59 Å². The first-order chi connectivity index (χ1) is 12.5. The number of hydrogen-bond acceptors (Lipinski definition) is 3. The van der Waals surface area contributed by atoms with Gasteiger partial charge in [0, 0.05) is 17.9 Å². The van der Waals surface area contributed by atoms with E-state index in [1.54, 1.807) is 0 Å². The van der Waals surface area contributed by atoms with E-state index in [-0.39, 0.29) is 18.0 Å². The number of nitrogens with one attached hydrogen (secondary N) is 1. The van der Waals surface area contributed by atoms with Gasteiger partial charge in [0.1, 0.15) is 12.9 Å². The van der Waals surface area contributed by atoms with Crippen LogP contribution in [0.2, 0.25) is 0 Å². The van der Waals surface area contributed by atoms with E-state index in [1.165, 1.54) is 10.9 Å². The maximum absolute atomic E-state index is 12.9. The third-order valence-corrected chi connectivity index (χ3v) is 4.66. The summed E-state index contributed by atoms with van der Waals surface area (Å²) in [6.07, 6.45) is 3.40.